The van der Waals surface area contributed by atoms with E-state index in [0.29, 0.717) is 17.9 Å². The highest BCUT2D eigenvalue weighted by Gasteiger charge is 2.46. The molecule has 1 heterocycles. The number of carbonyl (C=O) groups is 2. The molecule has 186 valence electrons. The second kappa shape index (κ2) is 11.2. The molecule has 36 heavy (non-hydrogen) atoms. The molecule has 0 aromatic heterocycles. The fourth-order valence-electron chi connectivity index (χ4n) is 4.46. The zero-order valence-corrected chi connectivity index (χ0v) is 20.9. The summed E-state index contributed by atoms with van der Waals surface area (Å²) in [5.74, 6) is -0.874. The number of aliphatic hydroxyl groups excluding tert-OH is 1. The zero-order valence-electron chi connectivity index (χ0n) is 20.9. The summed E-state index contributed by atoms with van der Waals surface area (Å²) in [6, 6.07) is 22.3. The Kier molecular flexibility index (Phi) is 7.86. The molecule has 4 rings (SSSR count). The number of hydrogen-bond acceptors (Lipinski definition) is 5. The third-order valence-electron chi connectivity index (χ3n) is 6.48. The van der Waals surface area contributed by atoms with Crippen molar-refractivity contribution in [2.75, 3.05) is 20.3 Å². The van der Waals surface area contributed by atoms with Gasteiger partial charge >= 0.3 is 0 Å². The first-order valence-corrected chi connectivity index (χ1v) is 12.1. The molecule has 1 N–H and O–H groups in total. The van der Waals surface area contributed by atoms with Crippen molar-refractivity contribution < 1.29 is 24.2 Å². The van der Waals surface area contributed by atoms with E-state index in [1.807, 2.05) is 67.6 Å². The fraction of sp³-hybridized carbons (Fsp3) is 0.267. The average molecular weight is 486 g/mol. The Morgan fingerprint density at radius 3 is 2.33 bits per heavy atom. The van der Waals surface area contributed by atoms with Crippen molar-refractivity contribution in [3.05, 3.63) is 106 Å². The van der Waals surface area contributed by atoms with Crippen LogP contribution in [0, 0.1) is 6.92 Å². The molecular formula is C30H31NO5. The van der Waals surface area contributed by atoms with Gasteiger partial charge in [0.25, 0.3) is 11.7 Å². The first-order valence-electron chi connectivity index (χ1n) is 12.1. The molecule has 0 unspecified atom stereocenters. The molecule has 3 aromatic rings. The number of benzene rings is 3. The second-order valence-corrected chi connectivity index (χ2v) is 8.83. The fourth-order valence-corrected chi connectivity index (χ4v) is 4.46. The Morgan fingerprint density at radius 2 is 1.69 bits per heavy atom. The Balaban J connectivity index is 1.70. The molecule has 0 bridgehead atoms. The maximum Gasteiger partial charge on any atom is 0.295 e. The molecule has 1 atom stereocenters. The minimum absolute atomic E-state index is 0.0846. The molecule has 6 heteroatoms. The highest BCUT2D eigenvalue weighted by atomic mass is 16.5. The largest absolute Gasteiger partial charge is 0.507 e. The number of rotatable bonds is 9. The van der Waals surface area contributed by atoms with Crippen LogP contribution in [0.3, 0.4) is 0 Å². The molecule has 0 saturated carbocycles. The Bertz CT molecular complexity index is 1260. The summed E-state index contributed by atoms with van der Waals surface area (Å²) >= 11 is 0. The summed E-state index contributed by atoms with van der Waals surface area (Å²) in [6.45, 7) is 4.85. The van der Waals surface area contributed by atoms with E-state index in [4.69, 9.17) is 9.47 Å². The number of nitrogens with zero attached hydrogens (tertiary/aromatic N) is 1. The lowest BCUT2D eigenvalue weighted by Gasteiger charge is -2.25. The monoisotopic (exact) mass is 485 g/mol. The van der Waals surface area contributed by atoms with Gasteiger partial charge in [-0.05, 0) is 53.8 Å². The van der Waals surface area contributed by atoms with Gasteiger partial charge < -0.3 is 19.5 Å². The molecule has 0 aliphatic carbocycles. The molecule has 1 aliphatic heterocycles. The van der Waals surface area contributed by atoms with E-state index in [0.717, 1.165) is 28.7 Å². The van der Waals surface area contributed by atoms with Crippen molar-refractivity contribution >= 4 is 17.4 Å². The molecule has 1 amide bonds. The van der Waals surface area contributed by atoms with Gasteiger partial charge in [-0.25, -0.2) is 0 Å². The lowest BCUT2D eigenvalue weighted by molar-refractivity contribution is -0.140. The predicted octanol–water partition coefficient (Wildman–Crippen LogP) is 5.20. The smallest absolute Gasteiger partial charge is 0.295 e. The van der Waals surface area contributed by atoms with Crippen LogP contribution in [0.15, 0.2) is 78.4 Å². The zero-order chi connectivity index (χ0) is 25.7. The van der Waals surface area contributed by atoms with Crippen LogP contribution >= 0.6 is 0 Å². The number of ether oxygens (including phenoxy) is 2. The molecule has 1 fully saturated rings. The summed E-state index contributed by atoms with van der Waals surface area (Å²) in [5, 5.41) is 11.4. The van der Waals surface area contributed by atoms with Crippen LogP contribution in [0.25, 0.3) is 5.76 Å². The van der Waals surface area contributed by atoms with Crippen LogP contribution in [0.1, 0.15) is 40.8 Å². The van der Waals surface area contributed by atoms with Crippen LogP contribution in [0.2, 0.25) is 0 Å². The van der Waals surface area contributed by atoms with E-state index < -0.39 is 17.7 Å². The highest BCUT2D eigenvalue weighted by Crippen LogP contribution is 2.40. The topological polar surface area (TPSA) is 76.1 Å². The van der Waals surface area contributed by atoms with Crippen molar-refractivity contribution in [2.45, 2.75) is 32.9 Å². The normalized spacial score (nSPS) is 17.0. The number of methoxy groups -OCH3 is 1. The maximum absolute atomic E-state index is 13.2. The quantitative estimate of drug-likeness (QED) is 0.256. The van der Waals surface area contributed by atoms with Crippen LogP contribution < -0.4 is 4.74 Å². The number of aryl methyl sites for hydroxylation is 2. The van der Waals surface area contributed by atoms with Gasteiger partial charge in [0.2, 0.25) is 0 Å². The van der Waals surface area contributed by atoms with E-state index in [1.165, 1.54) is 4.90 Å². The summed E-state index contributed by atoms with van der Waals surface area (Å²) in [6.07, 6.45) is 0.877. The first-order chi connectivity index (χ1) is 17.4. The molecule has 0 radical (unpaired) electrons. The predicted molar refractivity (Wildman–Crippen MR) is 139 cm³/mol. The van der Waals surface area contributed by atoms with E-state index in [9.17, 15) is 14.7 Å². The van der Waals surface area contributed by atoms with Crippen LogP contribution in [0.5, 0.6) is 5.75 Å². The highest BCUT2D eigenvalue weighted by molar-refractivity contribution is 6.46. The molecule has 1 saturated heterocycles. The third-order valence-corrected chi connectivity index (χ3v) is 6.48. The SMILES string of the molecule is CCc1ccc([C@H]2/C(=C(\O)c3ccc(OCc4ccccc4)cc3C)C(=O)C(=O)N2CCOC)cc1. The number of carbonyl (C=O) groups excluding carboxylic acids is 2. The van der Waals surface area contributed by atoms with Gasteiger partial charge in [-0.3, -0.25) is 9.59 Å². The Hall–Kier alpha value is -3.90. The van der Waals surface area contributed by atoms with Gasteiger partial charge in [0.05, 0.1) is 18.2 Å². The van der Waals surface area contributed by atoms with Crippen molar-refractivity contribution in [1.82, 2.24) is 4.90 Å². The van der Waals surface area contributed by atoms with Crippen molar-refractivity contribution in [3.8, 4) is 5.75 Å². The Morgan fingerprint density at radius 1 is 0.972 bits per heavy atom. The number of likely N-dealkylation sites (tertiary alicyclic amines) is 1. The maximum atomic E-state index is 13.2. The van der Waals surface area contributed by atoms with E-state index in [-0.39, 0.29) is 24.5 Å². The van der Waals surface area contributed by atoms with E-state index in [1.54, 1.807) is 19.2 Å². The molecule has 6 nitrogen and oxygen atoms in total. The summed E-state index contributed by atoms with van der Waals surface area (Å²) in [4.78, 5) is 27.6. The van der Waals surface area contributed by atoms with Crippen molar-refractivity contribution in [2.24, 2.45) is 0 Å². The molecular weight excluding hydrogens is 454 g/mol. The van der Waals surface area contributed by atoms with E-state index >= 15 is 0 Å². The summed E-state index contributed by atoms with van der Waals surface area (Å²) in [7, 11) is 1.55. The van der Waals surface area contributed by atoms with Gasteiger partial charge in [-0.2, -0.15) is 0 Å². The summed E-state index contributed by atoms with van der Waals surface area (Å²) < 4.78 is 11.1. The second-order valence-electron chi connectivity index (χ2n) is 8.83. The minimum Gasteiger partial charge on any atom is -0.507 e. The Labute approximate surface area is 211 Å². The van der Waals surface area contributed by atoms with Gasteiger partial charge in [0.1, 0.15) is 18.1 Å². The van der Waals surface area contributed by atoms with Gasteiger partial charge in [-0.1, -0.05) is 61.5 Å². The van der Waals surface area contributed by atoms with Gasteiger partial charge in [0, 0.05) is 19.2 Å². The lowest BCUT2D eigenvalue weighted by Crippen LogP contribution is -2.32. The standard InChI is InChI=1S/C30H31NO5/c1-4-21-10-12-23(13-11-21)27-26(29(33)30(34)31(27)16-17-35-3)28(32)25-15-14-24(18-20(25)2)36-19-22-8-6-5-7-9-22/h5-15,18,27,32H,4,16-17,19H2,1-3H3/b28-26+/t27-/m0/s1. The third kappa shape index (κ3) is 5.19. The molecule has 3 aromatic carbocycles. The van der Waals surface area contributed by atoms with Crippen molar-refractivity contribution in [3.63, 3.8) is 0 Å². The first kappa shape index (κ1) is 25.2. The van der Waals surface area contributed by atoms with Gasteiger partial charge in [0.15, 0.2) is 0 Å². The van der Waals surface area contributed by atoms with Crippen molar-refractivity contribution in [1.29, 1.82) is 0 Å². The number of Topliss-reactive ketones (excluding diaryl/α,β-unsaturated/α-hetero) is 1. The number of amides is 1. The number of hydrogen-bond donors (Lipinski definition) is 1. The number of ketones is 1. The van der Waals surface area contributed by atoms with Crippen LogP contribution in [0.4, 0.5) is 0 Å². The van der Waals surface area contributed by atoms with E-state index in [2.05, 4.69) is 6.92 Å². The lowest BCUT2D eigenvalue weighted by atomic mass is 9.93. The average Bonchev–Trinajstić information content (AvgIpc) is 3.16. The number of aliphatic hydroxyl groups is 1. The van der Waals surface area contributed by atoms with Crippen LogP contribution in [-0.2, 0) is 27.4 Å². The molecule has 1 aliphatic rings. The van der Waals surface area contributed by atoms with Gasteiger partial charge in [-0.15, -0.1) is 0 Å². The van der Waals surface area contributed by atoms with Crippen LogP contribution in [-0.4, -0.2) is 42.0 Å². The minimum atomic E-state index is -0.697. The summed E-state index contributed by atoms with van der Waals surface area (Å²) in [5.41, 5.74) is 4.27. The molecule has 0 spiro atoms.